The van der Waals surface area contributed by atoms with Crippen molar-refractivity contribution in [3.8, 4) is 0 Å². The number of aliphatic carboxylic acids is 4. The molecule has 0 aromatic heterocycles. The number of carbonyl (C=O) groups excluding carboxylic acids is 1. The first-order valence-electron chi connectivity index (χ1n) is 10.8. The summed E-state index contributed by atoms with van der Waals surface area (Å²) in [6, 6.07) is -1.25. The number of nitrogens with zero attached hydrogens (tertiary/aromatic N) is 4. The zero-order chi connectivity index (χ0) is 25.7. The minimum absolute atomic E-state index is 0. The van der Waals surface area contributed by atoms with E-state index in [1.807, 2.05) is 0 Å². The van der Waals surface area contributed by atoms with Gasteiger partial charge in [-0.05, 0) is 0 Å². The molecule has 1 fully saturated rings. The number of amides is 1. The average Bonchev–Trinajstić information content (AvgIpc) is 2.72. The van der Waals surface area contributed by atoms with Gasteiger partial charge < -0.3 is 31.5 Å². The smallest absolute Gasteiger partial charge is 0.480 e. The zero-order valence-corrected chi connectivity index (χ0v) is 22.8. The number of carbonyl (C=O) groups is 5. The van der Waals surface area contributed by atoms with E-state index in [2.05, 4.69) is 5.32 Å². The van der Waals surface area contributed by atoms with Crippen LogP contribution < -0.4 is 11.1 Å². The standard InChI is InChI=1S/C19H34N6O9.In/c20-14(19(33)34)9-21-15(26)10-22-1-3-23(11-16(27)28)5-7-25(13-18(31)32)8-6-24(4-2-22)12-17(29)30;/h14H,1-13,20H2,(H,21,26)(H,27,28)(H,29,30)(H,31,32)(H,33,34);/q;+3/i;1-4. The molecule has 1 amide bonds. The van der Waals surface area contributed by atoms with Crippen LogP contribution in [0.5, 0.6) is 0 Å². The van der Waals surface area contributed by atoms with Gasteiger partial charge in [0.1, 0.15) is 6.04 Å². The summed E-state index contributed by atoms with van der Waals surface area (Å²) < 4.78 is 0. The summed E-state index contributed by atoms with van der Waals surface area (Å²) in [6.07, 6.45) is 0. The molecule has 0 bridgehead atoms. The molecule has 0 saturated carbocycles. The molecule has 1 aliphatic rings. The number of hydrogen-bond acceptors (Lipinski definition) is 10. The fourth-order valence-corrected chi connectivity index (χ4v) is 3.35. The molecule has 0 radical (unpaired) electrons. The molecule has 0 aromatic rings. The molecule has 1 unspecified atom stereocenters. The second kappa shape index (κ2) is 17.5. The van der Waals surface area contributed by atoms with Crippen LogP contribution in [0.3, 0.4) is 0 Å². The predicted octanol–water partition coefficient (Wildman–Crippen LogP) is -4.39. The summed E-state index contributed by atoms with van der Waals surface area (Å²) in [7, 11) is 0. The van der Waals surface area contributed by atoms with E-state index < -0.39 is 35.8 Å². The largest absolute Gasteiger partial charge is 3.00 e. The quantitative estimate of drug-likeness (QED) is 0.132. The molecular weight excluding hydrogens is 567 g/mol. The van der Waals surface area contributed by atoms with Gasteiger partial charge in [-0.1, -0.05) is 0 Å². The number of rotatable bonds is 11. The van der Waals surface area contributed by atoms with Crippen LogP contribution in [-0.4, -0.2) is 187 Å². The molecule has 1 heterocycles. The molecule has 0 spiro atoms. The van der Waals surface area contributed by atoms with Gasteiger partial charge in [-0.15, -0.1) is 0 Å². The van der Waals surface area contributed by atoms with Crippen molar-refractivity contribution in [2.45, 2.75) is 6.04 Å². The molecule has 1 saturated heterocycles. The molecule has 1 aliphatic heterocycles. The van der Waals surface area contributed by atoms with E-state index >= 15 is 0 Å². The number of carboxylic acids is 4. The molecule has 16 heteroatoms. The van der Waals surface area contributed by atoms with Crippen molar-refractivity contribution in [1.82, 2.24) is 24.9 Å². The van der Waals surface area contributed by atoms with Crippen molar-refractivity contribution in [2.24, 2.45) is 5.73 Å². The van der Waals surface area contributed by atoms with Crippen molar-refractivity contribution in [1.29, 1.82) is 0 Å². The van der Waals surface area contributed by atoms with Gasteiger partial charge in [-0.25, -0.2) is 0 Å². The van der Waals surface area contributed by atoms with Gasteiger partial charge in [0.05, 0.1) is 26.2 Å². The van der Waals surface area contributed by atoms with Crippen LogP contribution in [0.4, 0.5) is 0 Å². The van der Waals surface area contributed by atoms with E-state index in [9.17, 15) is 34.2 Å². The van der Waals surface area contributed by atoms with Gasteiger partial charge in [0.25, 0.3) is 0 Å². The maximum atomic E-state index is 12.3. The summed E-state index contributed by atoms with van der Waals surface area (Å²) in [5.41, 5.74) is 5.39. The number of hydrogen-bond donors (Lipinski definition) is 6. The minimum atomic E-state index is -1.25. The Morgan fingerprint density at radius 2 is 0.914 bits per heavy atom. The molecule has 1 rings (SSSR count). The summed E-state index contributed by atoms with van der Waals surface area (Å²) in [4.78, 5) is 63.5. The van der Waals surface area contributed by atoms with Crippen molar-refractivity contribution < 1.29 is 44.4 Å². The molecule has 15 nitrogen and oxygen atoms in total. The zero-order valence-electron chi connectivity index (χ0n) is 19.5. The third-order valence-corrected chi connectivity index (χ3v) is 5.21. The number of nitrogens with one attached hydrogen (secondary N) is 1. The van der Waals surface area contributed by atoms with Gasteiger partial charge in [0.15, 0.2) is 0 Å². The predicted molar refractivity (Wildman–Crippen MR) is 123 cm³/mol. The van der Waals surface area contributed by atoms with Gasteiger partial charge in [-0.2, -0.15) is 0 Å². The molecule has 1 atom stereocenters. The van der Waals surface area contributed by atoms with Gasteiger partial charge in [-0.3, -0.25) is 43.6 Å². The minimum Gasteiger partial charge on any atom is -0.480 e. The first-order valence-corrected chi connectivity index (χ1v) is 10.8. The third kappa shape index (κ3) is 15.6. The van der Waals surface area contributed by atoms with Crippen LogP contribution in [-0.2, 0) is 24.0 Å². The maximum Gasteiger partial charge on any atom is 3.00 e. The van der Waals surface area contributed by atoms with E-state index in [1.54, 1.807) is 19.6 Å². The maximum absolute atomic E-state index is 12.3. The SMILES string of the molecule is NC(CNC(=O)CN1CCN(CC(=O)O)CCN(CC(=O)O)CCN(CC(=O)O)CC1)C(=O)O.[111In+3]. The van der Waals surface area contributed by atoms with Gasteiger partial charge in [0, 0.05) is 58.9 Å². The van der Waals surface area contributed by atoms with Crippen molar-refractivity contribution in [3.63, 3.8) is 0 Å². The number of nitrogens with two attached hydrogens (primary N) is 1. The van der Waals surface area contributed by atoms with E-state index in [0.29, 0.717) is 0 Å². The fraction of sp³-hybridized carbons (Fsp3) is 0.737. The second-order valence-electron chi connectivity index (χ2n) is 8.03. The third-order valence-electron chi connectivity index (χ3n) is 5.21. The first kappa shape index (κ1) is 33.0. The molecular formula is C19H34InN6O9+3. The van der Waals surface area contributed by atoms with E-state index in [4.69, 9.17) is 15.9 Å². The Balaban J connectivity index is 0.0000116. The fourth-order valence-electron chi connectivity index (χ4n) is 3.35. The van der Waals surface area contributed by atoms with E-state index in [1.165, 1.54) is 0 Å². The second-order valence-corrected chi connectivity index (χ2v) is 8.03. The molecule has 0 aliphatic carbocycles. The van der Waals surface area contributed by atoms with Crippen molar-refractivity contribution in [2.75, 3.05) is 85.1 Å². The Morgan fingerprint density at radius 3 is 1.17 bits per heavy atom. The monoisotopic (exact) mass is 601 g/mol. The molecule has 0 aromatic carbocycles. The Bertz CT molecular complexity index is 697. The van der Waals surface area contributed by atoms with Crippen LogP contribution in [0, 0.1) is 0 Å². The van der Waals surface area contributed by atoms with Gasteiger partial charge in [0.2, 0.25) is 5.91 Å². The Kier molecular flexibility index (Phi) is 16.5. The van der Waals surface area contributed by atoms with Crippen molar-refractivity contribution in [3.05, 3.63) is 0 Å². The Labute approximate surface area is 221 Å². The summed E-state index contributed by atoms with van der Waals surface area (Å²) in [5, 5.41) is 38.9. The molecule has 35 heavy (non-hydrogen) atoms. The van der Waals surface area contributed by atoms with E-state index in [0.717, 1.165) is 0 Å². The Morgan fingerprint density at radius 1 is 0.629 bits per heavy atom. The van der Waals surface area contributed by atoms with Crippen LogP contribution >= 0.6 is 0 Å². The van der Waals surface area contributed by atoms with Gasteiger partial charge >= 0.3 is 49.7 Å². The first-order chi connectivity index (χ1) is 16.0. The molecule has 7 N–H and O–H groups in total. The summed E-state index contributed by atoms with van der Waals surface area (Å²) >= 11 is 0. The van der Waals surface area contributed by atoms with Crippen LogP contribution in [0.25, 0.3) is 0 Å². The average molecular weight is 601 g/mol. The molecule has 194 valence electrons. The summed E-state index contributed by atoms with van der Waals surface area (Å²) in [6.45, 7) is 1.04. The van der Waals surface area contributed by atoms with Crippen LogP contribution in [0.1, 0.15) is 0 Å². The Hall–Kier alpha value is -1.98. The number of carboxylic acid groups (broad SMARTS) is 4. The van der Waals surface area contributed by atoms with Crippen molar-refractivity contribution >= 4 is 55.6 Å². The van der Waals surface area contributed by atoms with Crippen LogP contribution in [0.15, 0.2) is 0 Å². The topological polar surface area (TPSA) is 217 Å². The van der Waals surface area contributed by atoms with Crippen LogP contribution in [0.2, 0.25) is 0 Å². The van der Waals surface area contributed by atoms with E-state index in [-0.39, 0.29) is 111 Å². The normalized spacial score (nSPS) is 18.3. The summed E-state index contributed by atoms with van der Waals surface area (Å²) in [5.74, 6) is -4.85.